The second kappa shape index (κ2) is 3.75. The van der Waals surface area contributed by atoms with Crippen LogP contribution in [0, 0.1) is 0 Å². The molecule has 0 aliphatic carbocycles. The van der Waals surface area contributed by atoms with Crippen molar-refractivity contribution >= 4 is 0 Å². The molecule has 12 heavy (non-hydrogen) atoms. The van der Waals surface area contributed by atoms with Crippen molar-refractivity contribution in [1.82, 2.24) is 10.2 Å². The van der Waals surface area contributed by atoms with Gasteiger partial charge in [-0.2, -0.15) is 0 Å². The number of rotatable bonds is 1. The Balaban J connectivity index is 1.99. The van der Waals surface area contributed by atoms with Crippen LogP contribution in [0.3, 0.4) is 0 Å². The lowest BCUT2D eigenvalue weighted by atomic mass is 9.89. The predicted molar refractivity (Wildman–Crippen MR) is 51.3 cm³/mol. The van der Waals surface area contributed by atoms with Gasteiger partial charge in [-0.15, -0.1) is 0 Å². The highest BCUT2D eigenvalue weighted by atomic mass is 15.2. The van der Waals surface area contributed by atoms with Gasteiger partial charge in [0.15, 0.2) is 0 Å². The lowest BCUT2D eigenvalue weighted by Gasteiger charge is -2.44. The molecule has 70 valence electrons. The van der Waals surface area contributed by atoms with Crippen molar-refractivity contribution in [2.45, 2.75) is 44.2 Å². The first-order valence-corrected chi connectivity index (χ1v) is 5.33. The quantitative estimate of drug-likeness (QED) is 0.633. The Bertz CT molecular complexity index is 138. The molecule has 2 rings (SSSR count). The van der Waals surface area contributed by atoms with Crippen molar-refractivity contribution < 1.29 is 0 Å². The van der Waals surface area contributed by atoms with Crippen LogP contribution in [0.25, 0.3) is 0 Å². The zero-order valence-corrected chi connectivity index (χ0v) is 8.05. The van der Waals surface area contributed by atoms with Gasteiger partial charge in [0.1, 0.15) is 0 Å². The molecule has 0 aromatic heterocycles. The minimum Gasteiger partial charge on any atom is -0.315 e. The van der Waals surface area contributed by atoms with Crippen molar-refractivity contribution in [3.63, 3.8) is 0 Å². The van der Waals surface area contributed by atoms with Crippen molar-refractivity contribution in [3.8, 4) is 0 Å². The topological polar surface area (TPSA) is 15.3 Å². The Hall–Kier alpha value is -0.0800. The van der Waals surface area contributed by atoms with Crippen LogP contribution in [0.4, 0.5) is 0 Å². The lowest BCUT2D eigenvalue weighted by Crippen LogP contribution is -2.54. The molecule has 2 atom stereocenters. The summed E-state index contributed by atoms with van der Waals surface area (Å²) in [5.74, 6) is 0. The molecule has 2 aliphatic heterocycles. The number of fused-ring (bicyclic) bond motifs is 1. The Morgan fingerprint density at radius 2 is 1.92 bits per heavy atom. The van der Waals surface area contributed by atoms with Gasteiger partial charge < -0.3 is 5.32 Å². The first kappa shape index (κ1) is 8.52. The van der Waals surface area contributed by atoms with Crippen molar-refractivity contribution in [3.05, 3.63) is 0 Å². The first-order chi connectivity index (χ1) is 5.92. The molecular formula is C10H20N2. The van der Waals surface area contributed by atoms with E-state index in [0.717, 1.165) is 12.1 Å². The summed E-state index contributed by atoms with van der Waals surface area (Å²) in [7, 11) is 2.11. The van der Waals surface area contributed by atoms with E-state index in [-0.39, 0.29) is 0 Å². The number of hydrogen-bond donors (Lipinski definition) is 1. The first-order valence-electron chi connectivity index (χ1n) is 5.33. The molecular weight excluding hydrogens is 148 g/mol. The number of nitrogens with one attached hydrogen (secondary N) is 1. The van der Waals surface area contributed by atoms with Gasteiger partial charge >= 0.3 is 0 Å². The molecule has 2 nitrogen and oxygen atoms in total. The minimum absolute atomic E-state index is 0.777. The highest BCUT2D eigenvalue weighted by molar-refractivity contribution is 4.90. The standard InChI is InChI=1S/C10H20N2/c1-11-9-5-4-8-12-7-3-2-6-10(9)12/h9-11H,2-8H2,1H3/t9-,10-/m0/s1. The van der Waals surface area contributed by atoms with E-state index in [0.29, 0.717) is 0 Å². The molecule has 0 radical (unpaired) electrons. The molecule has 2 heteroatoms. The summed E-state index contributed by atoms with van der Waals surface area (Å²) in [6.45, 7) is 2.70. The molecule has 0 saturated carbocycles. The molecule has 2 aliphatic rings. The van der Waals surface area contributed by atoms with E-state index in [1.807, 2.05) is 0 Å². The van der Waals surface area contributed by atoms with E-state index in [9.17, 15) is 0 Å². The zero-order chi connectivity index (χ0) is 8.39. The van der Waals surface area contributed by atoms with Crippen LogP contribution < -0.4 is 5.32 Å². The fraction of sp³-hybridized carbons (Fsp3) is 1.00. The van der Waals surface area contributed by atoms with Crippen LogP contribution in [-0.4, -0.2) is 37.1 Å². The van der Waals surface area contributed by atoms with Gasteiger partial charge in [0.05, 0.1) is 0 Å². The summed E-state index contributed by atoms with van der Waals surface area (Å²) in [5.41, 5.74) is 0. The maximum absolute atomic E-state index is 3.46. The van der Waals surface area contributed by atoms with Gasteiger partial charge in [0.25, 0.3) is 0 Å². The molecule has 0 aromatic carbocycles. The van der Waals surface area contributed by atoms with Gasteiger partial charge in [-0.25, -0.2) is 0 Å². The maximum atomic E-state index is 3.46. The SMILES string of the molecule is CN[C@H]1CCCN2CCCC[C@@H]12. The molecule has 0 aromatic rings. The van der Waals surface area contributed by atoms with Crippen LogP contribution in [0.15, 0.2) is 0 Å². The molecule has 0 bridgehead atoms. The number of likely N-dealkylation sites (N-methyl/N-ethyl adjacent to an activating group) is 1. The fourth-order valence-corrected chi connectivity index (χ4v) is 2.79. The Morgan fingerprint density at radius 3 is 2.75 bits per heavy atom. The fourth-order valence-electron chi connectivity index (χ4n) is 2.79. The summed E-state index contributed by atoms with van der Waals surface area (Å²) in [4.78, 5) is 2.69. The average Bonchev–Trinajstić information content (AvgIpc) is 2.17. The summed E-state index contributed by atoms with van der Waals surface area (Å²) in [6, 6.07) is 1.64. The van der Waals surface area contributed by atoms with E-state index in [1.54, 1.807) is 0 Å². The largest absolute Gasteiger partial charge is 0.315 e. The normalized spacial score (nSPS) is 37.8. The van der Waals surface area contributed by atoms with Crippen molar-refractivity contribution in [1.29, 1.82) is 0 Å². The molecule has 0 amide bonds. The average molecular weight is 168 g/mol. The van der Waals surface area contributed by atoms with E-state index in [1.165, 1.54) is 45.2 Å². The number of piperidine rings is 2. The van der Waals surface area contributed by atoms with Gasteiger partial charge in [0.2, 0.25) is 0 Å². The van der Waals surface area contributed by atoms with Gasteiger partial charge in [0, 0.05) is 12.1 Å². The van der Waals surface area contributed by atoms with E-state index in [2.05, 4.69) is 17.3 Å². The lowest BCUT2D eigenvalue weighted by molar-refractivity contribution is 0.0806. The highest BCUT2D eigenvalue weighted by Gasteiger charge is 2.31. The van der Waals surface area contributed by atoms with Crippen LogP contribution in [0.1, 0.15) is 32.1 Å². The summed E-state index contributed by atoms with van der Waals surface area (Å²) in [6.07, 6.45) is 7.07. The summed E-state index contributed by atoms with van der Waals surface area (Å²) < 4.78 is 0. The third kappa shape index (κ3) is 1.50. The Morgan fingerprint density at radius 1 is 1.08 bits per heavy atom. The highest BCUT2D eigenvalue weighted by Crippen LogP contribution is 2.25. The minimum atomic E-state index is 0.777. The van der Waals surface area contributed by atoms with Crippen molar-refractivity contribution in [2.75, 3.05) is 20.1 Å². The van der Waals surface area contributed by atoms with Crippen molar-refractivity contribution in [2.24, 2.45) is 0 Å². The van der Waals surface area contributed by atoms with E-state index < -0.39 is 0 Å². The van der Waals surface area contributed by atoms with Crippen LogP contribution in [0.5, 0.6) is 0 Å². The second-order valence-electron chi connectivity index (χ2n) is 4.14. The molecule has 0 spiro atoms. The molecule has 1 N–H and O–H groups in total. The number of nitrogens with zero attached hydrogens (tertiary/aromatic N) is 1. The smallest absolute Gasteiger partial charge is 0.0249 e. The molecule has 2 saturated heterocycles. The third-order valence-corrected chi connectivity index (χ3v) is 3.46. The monoisotopic (exact) mass is 168 g/mol. The molecule has 2 fully saturated rings. The maximum Gasteiger partial charge on any atom is 0.0249 e. The third-order valence-electron chi connectivity index (χ3n) is 3.46. The number of hydrogen-bond acceptors (Lipinski definition) is 2. The molecule has 2 heterocycles. The summed E-state index contributed by atoms with van der Waals surface area (Å²) >= 11 is 0. The van der Waals surface area contributed by atoms with Crippen LogP contribution >= 0.6 is 0 Å². The zero-order valence-electron chi connectivity index (χ0n) is 8.05. The predicted octanol–water partition coefficient (Wildman–Crippen LogP) is 1.22. The Labute approximate surface area is 75.3 Å². The van der Waals surface area contributed by atoms with E-state index >= 15 is 0 Å². The van der Waals surface area contributed by atoms with E-state index in [4.69, 9.17) is 0 Å². The molecule has 0 unspecified atom stereocenters. The summed E-state index contributed by atoms with van der Waals surface area (Å²) in [5, 5.41) is 3.46. The second-order valence-corrected chi connectivity index (χ2v) is 4.14. The van der Waals surface area contributed by atoms with Gasteiger partial charge in [-0.05, 0) is 45.8 Å². The van der Waals surface area contributed by atoms with Crippen LogP contribution in [0.2, 0.25) is 0 Å². The Kier molecular flexibility index (Phi) is 2.66. The van der Waals surface area contributed by atoms with Gasteiger partial charge in [-0.3, -0.25) is 4.90 Å². The van der Waals surface area contributed by atoms with Crippen LogP contribution in [-0.2, 0) is 0 Å². The van der Waals surface area contributed by atoms with Gasteiger partial charge in [-0.1, -0.05) is 6.42 Å².